The molecule has 0 bridgehead atoms. The van der Waals surface area contributed by atoms with Crippen molar-refractivity contribution in [2.45, 2.75) is 44.6 Å². The van der Waals surface area contributed by atoms with Gasteiger partial charge in [-0.15, -0.1) is 0 Å². The molecular weight excluding hydrogens is 354 g/mol. The Kier molecular flexibility index (Phi) is 7.41. The number of carbonyl (C=O) groups is 1. The number of esters is 1. The van der Waals surface area contributed by atoms with Gasteiger partial charge < -0.3 is 9.15 Å². The number of hydrogen-bond acceptors (Lipinski definition) is 5. The molecule has 0 fully saturated rings. The van der Waals surface area contributed by atoms with Gasteiger partial charge in [0.05, 0.1) is 30.7 Å². The van der Waals surface area contributed by atoms with Crippen molar-refractivity contribution in [1.82, 2.24) is 4.31 Å². The normalized spacial score (nSPS) is 11.7. The molecule has 1 aromatic heterocycles. The molecule has 0 N–H and O–H groups in total. The lowest BCUT2D eigenvalue weighted by molar-refractivity contribution is -0.143. The molecule has 0 aliphatic heterocycles. The average molecular weight is 379 g/mol. The third kappa shape index (κ3) is 5.44. The molecule has 142 valence electrons. The predicted octanol–water partition coefficient (Wildman–Crippen LogP) is 3.38. The minimum atomic E-state index is -3.75. The molecular formula is C19H25NO5S. The van der Waals surface area contributed by atoms with Crippen LogP contribution in [-0.2, 0) is 32.5 Å². The maximum atomic E-state index is 13.0. The van der Waals surface area contributed by atoms with E-state index < -0.39 is 16.0 Å². The molecule has 0 atom stereocenters. The Morgan fingerprint density at radius 1 is 1.15 bits per heavy atom. The molecule has 0 amide bonds. The molecule has 1 heterocycles. The zero-order valence-electron chi connectivity index (χ0n) is 15.2. The third-order valence-corrected chi connectivity index (χ3v) is 5.74. The first-order chi connectivity index (χ1) is 12.5. The Bertz CT molecular complexity index is 782. The molecule has 7 heteroatoms. The van der Waals surface area contributed by atoms with E-state index in [1.165, 1.54) is 10.6 Å². The second-order valence-corrected chi connectivity index (χ2v) is 7.80. The van der Waals surface area contributed by atoms with Crippen molar-refractivity contribution in [1.29, 1.82) is 0 Å². The summed E-state index contributed by atoms with van der Waals surface area (Å²) in [5.74, 6) is 0.0884. The van der Waals surface area contributed by atoms with E-state index in [4.69, 9.17) is 9.15 Å². The van der Waals surface area contributed by atoms with Crippen LogP contribution in [0, 0.1) is 0 Å². The van der Waals surface area contributed by atoms with Gasteiger partial charge in [0.15, 0.2) is 0 Å². The molecule has 0 saturated carbocycles. The number of hydrogen-bond donors (Lipinski definition) is 0. The number of benzene rings is 1. The Labute approximate surface area is 154 Å². The minimum absolute atomic E-state index is 0.0122. The summed E-state index contributed by atoms with van der Waals surface area (Å²) in [6, 6.07) is 10.3. The molecule has 0 aliphatic rings. The van der Waals surface area contributed by atoms with Gasteiger partial charge in [-0.05, 0) is 43.2 Å². The van der Waals surface area contributed by atoms with Crippen LogP contribution in [-0.4, -0.2) is 31.8 Å². The third-order valence-electron chi connectivity index (χ3n) is 3.88. The van der Waals surface area contributed by atoms with Crippen molar-refractivity contribution >= 4 is 16.0 Å². The zero-order valence-corrected chi connectivity index (χ0v) is 16.0. The molecule has 0 saturated heterocycles. The van der Waals surface area contributed by atoms with Crippen LogP contribution < -0.4 is 0 Å². The van der Waals surface area contributed by atoms with Crippen molar-refractivity contribution in [3.8, 4) is 0 Å². The Balaban J connectivity index is 2.21. The van der Waals surface area contributed by atoms with Gasteiger partial charge in [0.25, 0.3) is 0 Å². The van der Waals surface area contributed by atoms with E-state index in [0.29, 0.717) is 5.76 Å². The summed E-state index contributed by atoms with van der Waals surface area (Å²) in [6.45, 7) is 4.14. The molecule has 2 aromatic rings. The van der Waals surface area contributed by atoms with E-state index in [9.17, 15) is 13.2 Å². The number of furan rings is 1. The zero-order chi connectivity index (χ0) is 19.0. The van der Waals surface area contributed by atoms with Crippen LogP contribution in [0.3, 0.4) is 0 Å². The fourth-order valence-electron chi connectivity index (χ4n) is 2.58. The lowest BCUT2D eigenvalue weighted by Crippen LogP contribution is -2.32. The van der Waals surface area contributed by atoms with E-state index in [1.54, 1.807) is 31.2 Å². The van der Waals surface area contributed by atoms with Crippen LogP contribution in [0.25, 0.3) is 0 Å². The van der Waals surface area contributed by atoms with Gasteiger partial charge in [-0.3, -0.25) is 4.79 Å². The van der Waals surface area contributed by atoms with Crippen LogP contribution in [0.1, 0.15) is 38.0 Å². The Hall–Kier alpha value is -2.12. The van der Waals surface area contributed by atoms with Crippen molar-refractivity contribution in [3.63, 3.8) is 0 Å². The van der Waals surface area contributed by atoms with Crippen LogP contribution in [0.15, 0.2) is 52.0 Å². The molecule has 0 aliphatic carbocycles. The van der Waals surface area contributed by atoms with E-state index in [1.807, 2.05) is 12.1 Å². The Morgan fingerprint density at radius 2 is 1.88 bits per heavy atom. The second kappa shape index (κ2) is 9.54. The molecule has 1 aromatic carbocycles. The molecule has 6 nitrogen and oxygen atoms in total. The highest BCUT2D eigenvalue weighted by Crippen LogP contribution is 2.20. The SMILES string of the molecule is CCCc1ccc(S(=O)(=O)N(CCC(=O)OCC)Cc2ccco2)cc1. The fraction of sp³-hybridized carbons (Fsp3) is 0.421. The summed E-state index contributed by atoms with van der Waals surface area (Å²) in [7, 11) is -3.75. The first-order valence-electron chi connectivity index (χ1n) is 8.74. The van der Waals surface area contributed by atoms with Crippen LogP contribution in [0.5, 0.6) is 0 Å². The lowest BCUT2D eigenvalue weighted by atomic mass is 10.1. The Morgan fingerprint density at radius 3 is 2.46 bits per heavy atom. The number of aryl methyl sites for hydroxylation is 1. The minimum Gasteiger partial charge on any atom is -0.468 e. The molecule has 0 radical (unpaired) electrons. The van der Waals surface area contributed by atoms with Gasteiger partial charge in [0.2, 0.25) is 10.0 Å². The summed E-state index contributed by atoms with van der Waals surface area (Å²) < 4.78 is 37.5. The molecule has 0 unspecified atom stereocenters. The number of ether oxygens (including phenoxy) is 1. The smallest absolute Gasteiger partial charge is 0.307 e. The maximum absolute atomic E-state index is 13.0. The maximum Gasteiger partial charge on any atom is 0.307 e. The van der Waals surface area contributed by atoms with Crippen molar-refractivity contribution < 1.29 is 22.4 Å². The summed E-state index contributed by atoms with van der Waals surface area (Å²) in [6.07, 6.45) is 3.38. The van der Waals surface area contributed by atoms with E-state index in [-0.39, 0.29) is 31.0 Å². The fourth-order valence-corrected chi connectivity index (χ4v) is 3.98. The molecule has 0 spiro atoms. The largest absolute Gasteiger partial charge is 0.468 e. The van der Waals surface area contributed by atoms with E-state index in [0.717, 1.165) is 18.4 Å². The van der Waals surface area contributed by atoms with Gasteiger partial charge in [0.1, 0.15) is 5.76 Å². The van der Waals surface area contributed by atoms with Crippen molar-refractivity contribution in [2.75, 3.05) is 13.2 Å². The summed E-state index contributed by atoms with van der Waals surface area (Å²) >= 11 is 0. The first-order valence-corrected chi connectivity index (χ1v) is 10.2. The highest BCUT2D eigenvalue weighted by atomic mass is 32.2. The van der Waals surface area contributed by atoms with Crippen LogP contribution >= 0.6 is 0 Å². The quantitative estimate of drug-likeness (QED) is 0.592. The first kappa shape index (κ1) is 20.2. The standard InChI is InChI=1S/C19H25NO5S/c1-3-6-16-8-10-18(11-9-16)26(22,23)20(13-12-19(21)24-4-2)15-17-7-5-14-25-17/h5,7-11,14H,3-4,6,12-13,15H2,1-2H3. The number of nitrogens with zero attached hydrogens (tertiary/aromatic N) is 1. The van der Waals surface area contributed by atoms with E-state index >= 15 is 0 Å². The summed E-state index contributed by atoms with van der Waals surface area (Å²) in [5, 5.41) is 0. The monoisotopic (exact) mass is 379 g/mol. The van der Waals surface area contributed by atoms with Gasteiger partial charge in [-0.2, -0.15) is 4.31 Å². The van der Waals surface area contributed by atoms with Crippen LogP contribution in [0.2, 0.25) is 0 Å². The highest BCUT2D eigenvalue weighted by molar-refractivity contribution is 7.89. The van der Waals surface area contributed by atoms with Crippen LogP contribution in [0.4, 0.5) is 0 Å². The van der Waals surface area contributed by atoms with Gasteiger partial charge in [-0.1, -0.05) is 25.5 Å². The van der Waals surface area contributed by atoms with Gasteiger partial charge in [0, 0.05) is 6.54 Å². The second-order valence-electron chi connectivity index (χ2n) is 5.87. The summed E-state index contributed by atoms with van der Waals surface area (Å²) in [5.41, 5.74) is 1.09. The topological polar surface area (TPSA) is 76.8 Å². The summed E-state index contributed by atoms with van der Waals surface area (Å²) in [4.78, 5) is 11.9. The lowest BCUT2D eigenvalue weighted by Gasteiger charge is -2.21. The number of sulfonamides is 1. The van der Waals surface area contributed by atoms with Gasteiger partial charge >= 0.3 is 5.97 Å². The number of carbonyl (C=O) groups excluding carboxylic acids is 1. The average Bonchev–Trinajstić information content (AvgIpc) is 3.12. The van der Waals surface area contributed by atoms with Gasteiger partial charge in [-0.25, -0.2) is 8.42 Å². The molecule has 2 rings (SSSR count). The van der Waals surface area contributed by atoms with E-state index in [2.05, 4.69) is 6.92 Å². The van der Waals surface area contributed by atoms with Crippen molar-refractivity contribution in [3.05, 3.63) is 54.0 Å². The number of rotatable bonds is 10. The highest BCUT2D eigenvalue weighted by Gasteiger charge is 2.26. The molecule has 26 heavy (non-hydrogen) atoms. The predicted molar refractivity (Wildman–Crippen MR) is 98.0 cm³/mol. The van der Waals surface area contributed by atoms with Crippen molar-refractivity contribution in [2.24, 2.45) is 0 Å².